The van der Waals surface area contributed by atoms with Gasteiger partial charge in [0, 0.05) is 31.1 Å². The summed E-state index contributed by atoms with van der Waals surface area (Å²) >= 11 is 0. The molecule has 192 valence electrons. The van der Waals surface area contributed by atoms with Crippen LogP contribution < -0.4 is 10.6 Å². The van der Waals surface area contributed by atoms with E-state index in [2.05, 4.69) is 10.6 Å². The van der Waals surface area contributed by atoms with E-state index in [0.717, 1.165) is 34.6 Å². The van der Waals surface area contributed by atoms with E-state index in [1.54, 1.807) is 36.0 Å². The summed E-state index contributed by atoms with van der Waals surface area (Å²) in [6.07, 6.45) is 1.43. The molecule has 2 N–H and O–H groups in total. The quantitative estimate of drug-likeness (QED) is 0.320. The summed E-state index contributed by atoms with van der Waals surface area (Å²) in [5, 5.41) is 9.87. The van der Waals surface area contributed by atoms with Crippen molar-refractivity contribution in [2.24, 2.45) is 0 Å². The Morgan fingerprint density at radius 3 is 2.05 bits per heavy atom. The van der Waals surface area contributed by atoms with Crippen LogP contribution in [0.4, 0.5) is 18.9 Å². The largest absolute Gasteiger partial charge is 0.416 e. The van der Waals surface area contributed by atoms with Crippen LogP contribution in [-0.4, -0.2) is 28.6 Å². The Morgan fingerprint density at radius 1 is 0.921 bits per heavy atom. The van der Waals surface area contributed by atoms with E-state index in [1.807, 2.05) is 36.3 Å². The molecule has 1 aromatic heterocycles. The molecule has 6 nitrogen and oxygen atoms in total. The summed E-state index contributed by atoms with van der Waals surface area (Å²) in [6, 6.07) is 21.3. The van der Waals surface area contributed by atoms with Crippen molar-refractivity contribution in [3.8, 4) is 40.4 Å². The van der Waals surface area contributed by atoms with Gasteiger partial charge in [-0.2, -0.15) is 18.3 Å². The maximum atomic E-state index is 12.9. The highest BCUT2D eigenvalue weighted by Crippen LogP contribution is 2.32. The van der Waals surface area contributed by atoms with E-state index in [0.29, 0.717) is 23.4 Å². The third-order valence-corrected chi connectivity index (χ3v) is 5.87. The molecule has 0 saturated heterocycles. The predicted octanol–water partition coefficient (Wildman–Crippen LogP) is 5.48. The van der Waals surface area contributed by atoms with E-state index in [-0.39, 0.29) is 12.3 Å². The van der Waals surface area contributed by atoms with Crippen molar-refractivity contribution in [2.45, 2.75) is 19.0 Å². The Morgan fingerprint density at radius 2 is 1.50 bits per heavy atom. The van der Waals surface area contributed by atoms with Crippen LogP contribution in [0.3, 0.4) is 0 Å². The fourth-order valence-electron chi connectivity index (χ4n) is 3.86. The van der Waals surface area contributed by atoms with Gasteiger partial charge in [0.1, 0.15) is 0 Å². The Balaban J connectivity index is 1.65. The fourth-order valence-corrected chi connectivity index (χ4v) is 3.86. The normalized spacial score (nSPS) is 11.0. The third kappa shape index (κ3) is 6.10. The summed E-state index contributed by atoms with van der Waals surface area (Å²) in [6.45, 7) is 0. The van der Waals surface area contributed by atoms with E-state index >= 15 is 0 Å². The van der Waals surface area contributed by atoms with Gasteiger partial charge in [0.25, 0.3) is 5.91 Å². The van der Waals surface area contributed by atoms with Crippen LogP contribution in [-0.2, 0) is 22.2 Å². The van der Waals surface area contributed by atoms with Crippen molar-refractivity contribution in [1.29, 1.82) is 0 Å². The molecule has 2 amide bonds. The second-order valence-electron chi connectivity index (χ2n) is 8.40. The number of amides is 2. The van der Waals surface area contributed by atoms with Gasteiger partial charge in [-0.15, -0.1) is 6.42 Å². The van der Waals surface area contributed by atoms with E-state index in [4.69, 9.17) is 11.5 Å². The Hall–Kier alpha value is -4.84. The number of aryl methyl sites for hydroxylation is 1. The first-order chi connectivity index (χ1) is 18.2. The molecule has 0 saturated carbocycles. The minimum Gasteiger partial charge on any atom is -0.359 e. The van der Waals surface area contributed by atoms with Crippen molar-refractivity contribution in [3.05, 3.63) is 90.1 Å². The lowest BCUT2D eigenvalue weighted by Gasteiger charge is -2.10. The number of rotatable bonds is 7. The minimum absolute atomic E-state index is 0.101. The third-order valence-electron chi connectivity index (χ3n) is 5.87. The summed E-state index contributed by atoms with van der Waals surface area (Å²) < 4.78 is 40.4. The highest BCUT2D eigenvalue weighted by molar-refractivity contribution is 6.03. The average Bonchev–Trinajstić information content (AvgIpc) is 3.36. The first-order valence-electron chi connectivity index (χ1n) is 11.6. The highest BCUT2D eigenvalue weighted by atomic mass is 19.4. The number of hydrogen-bond donors (Lipinski definition) is 2. The molecule has 0 unspecified atom stereocenters. The van der Waals surface area contributed by atoms with Crippen molar-refractivity contribution >= 4 is 17.5 Å². The molecule has 4 rings (SSSR count). The zero-order valence-corrected chi connectivity index (χ0v) is 20.3. The number of anilines is 1. The molecule has 0 aliphatic carbocycles. The summed E-state index contributed by atoms with van der Waals surface area (Å²) in [5.41, 5.74) is 4.27. The summed E-state index contributed by atoms with van der Waals surface area (Å²) in [7, 11) is 1.57. The smallest absolute Gasteiger partial charge is 0.359 e. The van der Waals surface area contributed by atoms with Crippen molar-refractivity contribution in [3.63, 3.8) is 0 Å². The van der Waals surface area contributed by atoms with Gasteiger partial charge in [-0.05, 0) is 59.5 Å². The number of hydrogen-bond acceptors (Lipinski definition) is 3. The number of halogens is 3. The molecule has 0 aliphatic heterocycles. The number of alkyl halides is 3. The molecular weight excluding hydrogens is 493 g/mol. The van der Waals surface area contributed by atoms with Crippen molar-refractivity contribution in [1.82, 2.24) is 15.1 Å². The first-order valence-corrected chi connectivity index (χ1v) is 11.6. The zero-order valence-electron chi connectivity index (χ0n) is 20.3. The Kier molecular flexibility index (Phi) is 7.63. The molecule has 0 spiro atoms. The van der Waals surface area contributed by atoms with Crippen LogP contribution in [0.5, 0.6) is 0 Å². The van der Waals surface area contributed by atoms with Crippen LogP contribution in [0.25, 0.3) is 28.1 Å². The molecule has 38 heavy (non-hydrogen) atoms. The number of terminal acetylenes is 1. The van der Waals surface area contributed by atoms with Crippen LogP contribution in [0.2, 0.25) is 0 Å². The molecule has 4 aromatic rings. The molecule has 0 fully saturated rings. The van der Waals surface area contributed by atoms with Gasteiger partial charge in [-0.1, -0.05) is 36.4 Å². The molecular formula is C29H23F3N4O2. The summed E-state index contributed by atoms with van der Waals surface area (Å²) in [4.78, 5) is 23.2. The molecule has 0 radical (unpaired) electrons. The number of nitrogens with zero attached hydrogens (tertiary/aromatic N) is 2. The van der Waals surface area contributed by atoms with Gasteiger partial charge in [-0.3, -0.25) is 9.59 Å². The first kappa shape index (κ1) is 26.2. The van der Waals surface area contributed by atoms with Gasteiger partial charge < -0.3 is 10.6 Å². The monoisotopic (exact) mass is 516 g/mol. The summed E-state index contributed by atoms with van der Waals surface area (Å²) in [5.74, 6) is 1.34. The van der Waals surface area contributed by atoms with Gasteiger partial charge in [0.2, 0.25) is 5.91 Å². The number of aromatic nitrogens is 2. The molecule has 0 atom stereocenters. The topological polar surface area (TPSA) is 76.0 Å². The van der Waals surface area contributed by atoms with E-state index in [1.165, 1.54) is 12.1 Å². The number of nitrogens with one attached hydrogen (secondary N) is 2. The molecule has 9 heteroatoms. The lowest BCUT2D eigenvalue weighted by Crippen LogP contribution is -2.18. The van der Waals surface area contributed by atoms with Gasteiger partial charge >= 0.3 is 6.18 Å². The van der Waals surface area contributed by atoms with Crippen molar-refractivity contribution in [2.75, 3.05) is 12.4 Å². The Bertz CT molecular complexity index is 1480. The van der Waals surface area contributed by atoms with Gasteiger partial charge in [0.05, 0.1) is 22.6 Å². The van der Waals surface area contributed by atoms with Crippen LogP contribution in [0.1, 0.15) is 17.7 Å². The SMILES string of the molecule is C#CC(=O)Nc1ccc(-n2nc(CCC(=O)NC)cc2-c2ccc(-c3ccc(C(F)(F)F)cc3)cc2)cc1. The molecule has 3 aromatic carbocycles. The maximum absolute atomic E-state index is 12.9. The van der Waals surface area contributed by atoms with Gasteiger partial charge in [0.15, 0.2) is 0 Å². The number of benzene rings is 3. The van der Waals surface area contributed by atoms with Crippen LogP contribution >= 0.6 is 0 Å². The number of carbonyl (C=O) groups excluding carboxylic acids is 2. The molecule has 0 bridgehead atoms. The average molecular weight is 517 g/mol. The number of carbonyl (C=O) groups is 2. The lowest BCUT2D eigenvalue weighted by atomic mass is 10.0. The van der Waals surface area contributed by atoms with E-state index < -0.39 is 17.6 Å². The molecule has 0 aliphatic rings. The van der Waals surface area contributed by atoms with Gasteiger partial charge in [-0.25, -0.2) is 4.68 Å². The van der Waals surface area contributed by atoms with Crippen LogP contribution in [0, 0.1) is 12.3 Å². The zero-order chi connectivity index (χ0) is 27.3. The predicted molar refractivity (Wildman–Crippen MR) is 139 cm³/mol. The molecule has 1 heterocycles. The second kappa shape index (κ2) is 11.0. The minimum atomic E-state index is -4.39. The second-order valence-corrected chi connectivity index (χ2v) is 8.40. The highest BCUT2D eigenvalue weighted by Gasteiger charge is 2.30. The maximum Gasteiger partial charge on any atom is 0.416 e. The fraction of sp³-hybridized carbons (Fsp3) is 0.138. The van der Waals surface area contributed by atoms with E-state index in [9.17, 15) is 22.8 Å². The van der Waals surface area contributed by atoms with Crippen molar-refractivity contribution < 1.29 is 22.8 Å². The standard InChI is InChI=1S/C29H23F3N4O2/c1-3-27(37)34-23-12-15-25(16-13-23)36-26(18-24(35-36)14-17-28(38)33-2)21-6-4-19(5-7-21)20-8-10-22(11-9-20)29(30,31)32/h1,4-13,15-16,18H,14,17H2,2H3,(H,33,38)(H,34,37). The van der Waals surface area contributed by atoms with Crippen LogP contribution in [0.15, 0.2) is 78.9 Å². The Labute approximate surface area is 217 Å². The lowest BCUT2D eigenvalue weighted by molar-refractivity contribution is -0.137.